The van der Waals surface area contributed by atoms with E-state index in [-0.39, 0.29) is 0 Å². The minimum absolute atomic E-state index is 0.308. The highest BCUT2D eigenvalue weighted by Crippen LogP contribution is 2.35. The summed E-state index contributed by atoms with van der Waals surface area (Å²) in [4.78, 5) is 1.35. The van der Waals surface area contributed by atoms with Gasteiger partial charge in [-0.3, -0.25) is 0 Å². The highest BCUT2D eigenvalue weighted by Gasteiger charge is 2.26. The van der Waals surface area contributed by atoms with Gasteiger partial charge in [-0.1, -0.05) is 19.3 Å². The summed E-state index contributed by atoms with van der Waals surface area (Å²) in [7, 11) is 0. The van der Waals surface area contributed by atoms with Gasteiger partial charge in [0.1, 0.15) is 0 Å². The SMILES string of the molecule is FC(F)(F)CNCc1csc(C2CCCCC2)c1. The number of hydrogen-bond acceptors (Lipinski definition) is 2. The molecule has 1 fully saturated rings. The Hall–Kier alpha value is -0.550. The van der Waals surface area contributed by atoms with Crippen molar-refractivity contribution in [3.63, 3.8) is 0 Å². The lowest BCUT2D eigenvalue weighted by Crippen LogP contribution is -2.28. The predicted molar refractivity (Wildman–Crippen MR) is 67.9 cm³/mol. The summed E-state index contributed by atoms with van der Waals surface area (Å²) in [6, 6.07) is 2.07. The number of hydrogen-bond donors (Lipinski definition) is 1. The summed E-state index contributed by atoms with van der Waals surface area (Å²) in [6.07, 6.45) is 2.23. The van der Waals surface area contributed by atoms with E-state index in [1.807, 2.05) is 5.38 Å². The van der Waals surface area contributed by atoms with E-state index in [1.165, 1.54) is 37.0 Å². The molecule has 102 valence electrons. The van der Waals surface area contributed by atoms with Crippen molar-refractivity contribution in [2.75, 3.05) is 6.54 Å². The molecule has 0 aliphatic heterocycles. The van der Waals surface area contributed by atoms with Crippen LogP contribution in [0.5, 0.6) is 0 Å². The minimum atomic E-state index is -4.12. The van der Waals surface area contributed by atoms with Crippen LogP contribution in [0.2, 0.25) is 0 Å². The summed E-state index contributed by atoms with van der Waals surface area (Å²) in [5, 5.41) is 4.42. The second-order valence-corrected chi connectivity index (χ2v) is 5.85. The van der Waals surface area contributed by atoms with Crippen molar-refractivity contribution in [1.82, 2.24) is 5.32 Å². The molecule has 1 heterocycles. The van der Waals surface area contributed by atoms with Crippen molar-refractivity contribution in [2.45, 2.75) is 50.7 Å². The topological polar surface area (TPSA) is 12.0 Å². The van der Waals surface area contributed by atoms with Crippen molar-refractivity contribution in [1.29, 1.82) is 0 Å². The number of alkyl halides is 3. The summed E-state index contributed by atoms with van der Waals surface area (Å²) in [6.45, 7) is -0.607. The van der Waals surface area contributed by atoms with E-state index in [0.717, 1.165) is 5.56 Å². The average molecular weight is 277 g/mol. The van der Waals surface area contributed by atoms with Crippen molar-refractivity contribution in [2.24, 2.45) is 0 Å². The Morgan fingerprint density at radius 3 is 2.61 bits per heavy atom. The Morgan fingerprint density at radius 1 is 1.22 bits per heavy atom. The third-order valence-corrected chi connectivity index (χ3v) is 4.48. The summed E-state index contributed by atoms with van der Waals surface area (Å²) in [5.74, 6) is 0.639. The summed E-state index contributed by atoms with van der Waals surface area (Å²) in [5.41, 5.74) is 0.977. The van der Waals surface area contributed by atoms with Gasteiger partial charge in [0.2, 0.25) is 0 Å². The lowest BCUT2D eigenvalue weighted by Gasteiger charge is -2.19. The van der Waals surface area contributed by atoms with Gasteiger partial charge in [0.25, 0.3) is 0 Å². The molecule has 1 aromatic rings. The zero-order valence-electron chi connectivity index (χ0n) is 10.2. The van der Waals surface area contributed by atoms with Crippen LogP contribution in [-0.2, 0) is 6.54 Å². The van der Waals surface area contributed by atoms with Crippen LogP contribution in [-0.4, -0.2) is 12.7 Å². The second kappa shape index (κ2) is 6.06. The molecule has 0 amide bonds. The van der Waals surface area contributed by atoms with E-state index >= 15 is 0 Å². The molecule has 0 atom stereocenters. The molecule has 1 aromatic heterocycles. The molecule has 1 nitrogen and oxygen atoms in total. The number of rotatable bonds is 4. The maximum absolute atomic E-state index is 12.0. The summed E-state index contributed by atoms with van der Waals surface area (Å²) >= 11 is 1.69. The van der Waals surface area contributed by atoms with Gasteiger partial charge in [-0.25, -0.2) is 0 Å². The van der Waals surface area contributed by atoms with Crippen LogP contribution in [0, 0.1) is 0 Å². The van der Waals surface area contributed by atoms with Crippen LogP contribution in [0.3, 0.4) is 0 Å². The molecule has 0 unspecified atom stereocenters. The third-order valence-electron chi connectivity index (χ3n) is 3.34. The van der Waals surface area contributed by atoms with Gasteiger partial charge >= 0.3 is 6.18 Å². The van der Waals surface area contributed by atoms with Crippen LogP contribution in [0.1, 0.15) is 48.5 Å². The molecule has 1 N–H and O–H groups in total. The van der Waals surface area contributed by atoms with Crippen LogP contribution < -0.4 is 5.32 Å². The largest absolute Gasteiger partial charge is 0.401 e. The second-order valence-electron chi connectivity index (χ2n) is 4.91. The van der Waals surface area contributed by atoms with E-state index in [9.17, 15) is 13.2 Å². The number of thiophene rings is 1. The molecular weight excluding hydrogens is 259 g/mol. The van der Waals surface area contributed by atoms with Gasteiger partial charge in [0.05, 0.1) is 6.54 Å². The first-order valence-electron chi connectivity index (χ1n) is 6.39. The van der Waals surface area contributed by atoms with Crippen molar-refractivity contribution >= 4 is 11.3 Å². The number of halogens is 3. The molecule has 0 bridgehead atoms. The Morgan fingerprint density at radius 2 is 1.94 bits per heavy atom. The molecule has 1 saturated carbocycles. The zero-order chi connectivity index (χ0) is 13.0. The summed E-state index contributed by atoms with van der Waals surface area (Å²) < 4.78 is 36.0. The van der Waals surface area contributed by atoms with Crippen LogP contribution in [0.15, 0.2) is 11.4 Å². The lowest BCUT2D eigenvalue weighted by molar-refractivity contribution is -0.125. The predicted octanol–water partition coefficient (Wildman–Crippen LogP) is 4.45. The maximum atomic E-state index is 12.0. The minimum Gasteiger partial charge on any atom is -0.305 e. The van der Waals surface area contributed by atoms with Crippen LogP contribution in [0.25, 0.3) is 0 Å². The first kappa shape index (κ1) is 13.9. The lowest BCUT2D eigenvalue weighted by atomic mass is 9.88. The third kappa shape index (κ3) is 4.28. The first-order valence-corrected chi connectivity index (χ1v) is 7.27. The fourth-order valence-corrected chi connectivity index (χ4v) is 3.52. The Labute approximate surface area is 109 Å². The van der Waals surface area contributed by atoms with Crippen molar-refractivity contribution in [3.8, 4) is 0 Å². The average Bonchev–Trinajstić information content (AvgIpc) is 2.77. The Kier molecular flexibility index (Phi) is 4.67. The van der Waals surface area contributed by atoms with Gasteiger partial charge in [-0.15, -0.1) is 11.3 Å². The number of nitrogens with one attached hydrogen (secondary N) is 1. The van der Waals surface area contributed by atoms with Gasteiger partial charge in [-0.05, 0) is 35.8 Å². The smallest absolute Gasteiger partial charge is 0.305 e. The monoisotopic (exact) mass is 277 g/mol. The molecule has 0 spiro atoms. The first-order chi connectivity index (χ1) is 8.54. The molecule has 0 saturated heterocycles. The molecule has 0 aromatic carbocycles. The fraction of sp³-hybridized carbons (Fsp3) is 0.692. The fourth-order valence-electron chi connectivity index (χ4n) is 2.44. The van der Waals surface area contributed by atoms with Crippen molar-refractivity contribution < 1.29 is 13.2 Å². The molecule has 18 heavy (non-hydrogen) atoms. The van der Waals surface area contributed by atoms with E-state index in [1.54, 1.807) is 11.3 Å². The molecule has 2 rings (SSSR count). The van der Waals surface area contributed by atoms with Gasteiger partial charge in [0.15, 0.2) is 0 Å². The van der Waals surface area contributed by atoms with E-state index in [0.29, 0.717) is 12.5 Å². The van der Waals surface area contributed by atoms with Crippen LogP contribution in [0.4, 0.5) is 13.2 Å². The molecule has 1 aliphatic rings. The normalized spacial score (nSPS) is 18.2. The van der Waals surface area contributed by atoms with E-state index in [2.05, 4.69) is 11.4 Å². The molecule has 0 radical (unpaired) electrons. The van der Waals surface area contributed by atoms with Gasteiger partial charge in [0, 0.05) is 11.4 Å². The highest BCUT2D eigenvalue weighted by molar-refractivity contribution is 7.10. The molecular formula is C13H18F3NS. The van der Waals surface area contributed by atoms with E-state index in [4.69, 9.17) is 0 Å². The van der Waals surface area contributed by atoms with Gasteiger partial charge in [-0.2, -0.15) is 13.2 Å². The highest BCUT2D eigenvalue weighted by atomic mass is 32.1. The molecule has 5 heteroatoms. The van der Waals surface area contributed by atoms with Crippen molar-refractivity contribution in [3.05, 3.63) is 21.9 Å². The molecule has 1 aliphatic carbocycles. The quantitative estimate of drug-likeness (QED) is 0.857. The standard InChI is InChI=1S/C13H18F3NS/c14-13(15,16)9-17-7-10-6-12(18-8-10)11-4-2-1-3-5-11/h6,8,11,17H,1-5,7,9H2. The van der Waals surface area contributed by atoms with Crippen LogP contribution >= 0.6 is 11.3 Å². The van der Waals surface area contributed by atoms with Gasteiger partial charge < -0.3 is 5.32 Å². The zero-order valence-corrected chi connectivity index (χ0v) is 11.0. The Balaban J connectivity index is 1.82. The Bertz CT molecular complexity index is 367. The van der Waals surface area contributed by atoms with E-state index < -0.39 is 12.7 Å². The maximum Gasteiger partial charge on any atom is 0.401 e.